The average Bonchev–Trinajstić information content (AvgIpc) is 2.46. The van der Waals surface area contributed by atoms with Gasteiger partial charge in [-0.1, -0.05) is 51.0 Å². The first kappa shape index (κ1) is 16.9. The molecule has 0 saturated heterocycles. The second kappa shape index (κ2) is 7.58. The summed E-state index contributed by atoms with van der Waals surface area (Å²) >= 11 is 0. The molecule has 1 unspecified atom stereocenters. The maximum Gasteiger partial charge on any atom is 0.180 e. The number of carbonyl (C=O) groups excluding carboxylic acids is 1. The number of ketones is 1. The first-order chi connectivity index (χ1) is 9.42. The summed E-state index contributed by atoms with van der Waals surface area (Å²) in [7, 11) is -3.35. The zero-order valence-electron chi connectivity index (χ0n) is 12.6. The fourth-order valence-electron chi connectivity index (χ4n) is 2.03. The lowest BCUT2D eigenvalue weighted by Gasteiger charge is -2.12. The maximum atomic E-state index is 12.2. The maximum absolute atomic E-state index is 12.2. The van der Waals surface area contributed by atoms with Crippen molar-refractivity contribution in [2.24, 2.45) is 0 Å². The molecule has 1 atom stereocenters. The van der Waals surface area contributed by atoms with Gasteiger partial charge in [0.15, 0.2) is 15.6 Å². The van der Waals surface area contributed by atoms with E-state index >= 15 is 0 Å². The summed E-state index contributed by atoms with van der Waals surface area (Å²) in [4.78, 5) is 12.2. The van der Waals surface area contributed by atoms with Gasteiger partial charge >= 0.3 is 0 Å². The Labute approximate surface area is 122 Å². The third-order valence-electron chi connectivity index (χ3n) is 3.59. The zero-order valence-corrected chi connectivity index (χ0v) is 13.4. The van der Waals surface area contributed by atoms with Gasteiger partial charge < -0.3 is 0 Å². The molecule has 0 radical (unpaired) electrons. The minimum Gasteiger partial charge on any atom is -0.293 e. The van der Waals surface area contributed by atoms with Crippen molar-refractivity contribution in [2.75, 3.05) is 5.75 Å². The van der Waals surface area contributed by atoms with E-state index in [2.05, 4.69) is 0 Å². The summed E-state index contributed by atoms with van der Waals surface area (Å²) in [6, 6.07) is 7.20. The topological polar surface area (TPSA) is 51.2 Å². The van der Waals surface area contributed by atoms with E-state index in [1.54, 1.807) is 12.1 Å². The number of hydrogen-bond donors (Lipinski definition) is 0. The van der Waals surface area contributed by atoms with Gasteiger partial charge in [-0.15, -0.1) is 0 Å². The molecular formula is C16H24O3S. The molecular weight excluding hydrogens is 272 g/mol. The van der Waals surface area contributed by atoms with Crippen LogP contribution >= 0.6 is 0 Å². The fourth-order valence-corrected chi connectivity index (χ4v) is 3.45. The van der Waals surface area contributed by atoms with Gasteiger partial charge in [0.05, 0.1) is 5.75 Å². The van der Waals surface area contributed by atoms with Gasteiger partial charge in [0, 0.05) is 5.56 Å². The highest BCUT2D eigenvalue weighted by Crippen LogP contribution is 2.14. The molecule has 0 aliphatic heterocycles. The van der Waals surface area contributed by atoms with Gasteiger partial charge in [-0.25, -0.2) is 8.42 Å². The van der Waals surface area contributed by atoms with Crippen LogP contribution in [-0.2, 0) is 16.3 Å². The molecule has 4 heteroatoms. The standard InChI is InChI=1S/C16H24O3S/c1-4-6-7-12-20(18,19)13(3)16(17)15-10-8-14(5-2)9-11-15/h8-11,13H,4-7,12H2,1-3H3. The normalized spacial score (nSPS) is 13.2. The summed E-state index contributed by atoms with van der Waals surface area (Å²) in [5.74, 6) is -0.204. The Morgan fingerprint density at radius 2 is 1.70 bits per heavy atom. The molecule has 20 heavy (non-hydrogen) atoms. The summed E-state index contributed by atoms with van der Waals surface area (Å²) in [6.45, 7) is 5.56. The SMILES string of the molecule is CCCCCS(=O)(=O)C(C)C(=O)c1ccc(CC)cc1. The molecule has 0 N–H and O–H groups in total. The van der Waals surface area contributed by atoms with E-state index in [0.717, 1.165) is 24.8 Å². The van der Waals surface area contributed by atoms with Crippen molar-refractivity contribution in [1.82, 2.24) is 0 Å². The van der Waals surface area contributed by atoms with E-state index < -0.39 is 15.1 Å². The third-order valence-corrected chi connectivity index (χ3v) is 5.74. The van der Waals surface area contributed by atoms with Crippen molar-refractivity contribution < 1.29 is 13.2 Å². The van der Waals surface area contributed by atoms with E-state index in [1.807, 2.05) is 26.0 Å². The minimum absolute atomic E-state index is 0.0980. The predicted octanol–water partition coefficient (Wildman–Crippen LogP) is 3.43. The van der Waals surface area contributed by atoms with Crippen LogP contribution in [0, 0.1) is 0 Å². The second-order valence-electron chi connectivity index (χ2n) is 5.13. The smallest absolute Gasteiger partial charge is 0.180 e. The molecule has 1 aromatic carbocycles. The van der Waals surface area contributed by atoms with E-state index in [9.17, 15) is 13.2 Å². The van der Waals surface area contributed by atoms with E-state index in [4.69, 9.17) is 0 Å². The molecule has 1 rings (SSSR count). The lowest BCUT2D eigenvalue weighted by molar-refractivity contribution is 0.0991. The lowest BCUT2D eigenvalue weighted by atomic mass is 10.1. The van der Waals surface area contributed by atoms with Crippen LogP contribution in [0.1, 0.15) is 56.0 Å². The number of rotatable bonds is 8. The molecule has 0 amide bonds. The van der Waals surface area contributed by atoms with Gasteiger partial charge in [0.25, 0.3) is 0 Å². The Kier molecular flexibility index (Phi) is 6.40. The van der Waals surface area contributed by atoms with Crippen molar-refractivity contribution >= 4 is 15.6 Å². The fraction of sp³-hybridized carbons (Fsp3) is 0.562. The molecule has 0 heterocycles. The average molecular weight is 296 g/mol. The highest BCUT2D eigenvalue weighted by Gasteiger charge is 2.28. The molecule has 3 nitrogen and oxygen atoms in total. The number of carbonyl (C=O) groups is 1. The van der Waals surface area contributed by atoms with Crippen LogP contribution in [0.5, 0.6) is 0 Å². The summed E-state index contributed by atoms with van der Waals surface area (Å²) in [5, 5.41) is -0.952. The molecule has 0 fully saturated rings. The van der Waals surface area contributed by atoms with Crippen LogP contribution in [0.2, 0.25) is 0 Å². The molecule has 0 saturated carbocycles. The Morgan fingerprint density at radius 3 is 2.20 bits per heavy atom. The molecule has 0 aliphatic carbocycles. The van der Waals surface area contributed by atoms with E-state index in [-0.39, 0.29) is 11.5 Å². The summed E-state index contributed by atoms with van der Waals surface area (Å²) in [5.41, 5.74) is 1.62. The molecule has 0 bridgehead atoms. The molecule has 112 valence electrons. The highest BCUT2D eigenvalue weighted by molar-refractivity contribution is 7.92. The van der Waals surface area contributed by atoms with Gasteiger partial charge in [0.1, 0.15) is 5.25 Å². The van der Waals surface area contributed by atoms with Gasteiger partial charge in [-0.3, -0.25) is 4.79 Å². The van der Waals surface area contributed by atoms with Gasteiger partial charge in [0.2, 0.25) is 0 Å². The number of Topliss-reactive ketones (excluding diaryl/α,β-unsaturated/α-hetero) is 1. The highest BCUT2D eigenvalue weighted by atomic mass is 32.2. The largest absolute Gasteiger partial charge is 0.293 e. The van der Waals surface area contributed by atoms with Crippen LogP contribution in [0.3, 0.4) is 0 Å². The van der Waals surface area contributed by atoms with Gasteiger partial charge in [-0.05, 0) is 25.3 Å². The van der Waals surface area contributed by atoms with Crippen molar-refractivity contribution in [2.45, 2.75) is 51.7 Å². The number of sulfone groups is 1. The molecule has 0 aromatic heterocycles. The minimum atomic E-state index is -3.35. The first-order valence-electron chi connectivity index (χ1n) is 7.27. The van der Waals surface area contributed by atoms with Crippen molar-refractivity contribution in [3.63, 3.8) is 0 Å². The zero-order chi connectivity index (χ0) is 15.2. The Morgan fingerprint density at radius 1 is 1.10 bits per heavy atom. The predicted molar refractivity (Wildman–Crippen MR) is 82.9 cm³/mol. The molecule has 0 aliphatic rings. The number of benzene rings is 1. The lowest BCUT2D eigenvalue weighted by Crippen LogP contribution is -2.29. The number of unbranched alkanes of at least 4 members (excludes halogenated alkanes) is 2. The van der Waals surface area contributed by atoms with Crippen molar-refractivity contribution in [3.05, 3.63) is 35.4 Å². The molecule has 0 spiro atoms. The second-order valence-corrected chi connectivity index (χ2v) is 7.57. The van der Waals surface area contributed by atoms with Crippen LogP contribution in [-0.4, -0.2) is 25.2 Å². The van der Waals surface area contributed by atoms with Crippen LogP contribution in [0.4, 0.5) is 0 Å². The Bertz CT molecular complexity index is 529. The van der Waals surface area contributed by atoms with E-state index in [0.29, 0.717) is 12.0 Å². The molecule has 1 aromatic rings. The Balaban J connectivity index is 2.79. The van der Waals surface area contributed by atoms with Crippen LogP contribution in [0.15, 0.2) is 24.3 Å². The third kappa shape index (κ3) is 4.44. The van der Waals surface area contributed by atoms with Crippen LogP contribution < -0.4 is 0 Å². The Hall–Kier alpha value is -1.16. The first-order valence-corrected chi connectivity index (χ1v) is 8.98. The monoisotopic (exact) mass is 296 g/mol. The van der Waals surface area contributed by atoms with Crippen molar-refractivity contribution in [3.8, 4) is 0 Å². The van der Waals surface area contributed by atoms with Gasteiger partial charge in [-0.2, -0.15) is 0 Å². The summed E-state index contributed by atoms with van der Waals surface area (Å²) < 4.78 is 24.2. The van der Waals surface area contributed by atoms with Crippen LogP contribution in [0.25, 0.3) is 0 Å². The number of hydrogen-bond acceptors (Lipinski definition) is 3. The quantitative estimate of drug-likeness (QED) is 0.545. The van der Waals surface area contributed by atoms with E-state index in [1.165, 1.54) is 6.92 Å². The number of aryl methyl sites for hydroxylation is 1. The van der Waals surface area contributed by atoms with Crippen molar-refractivity contribution in [1.29, 1.82) is 0 Å². The summed E-state index contributed by atoms with van der Waals surface area (Å²) in [6.07, 6.45) is 3.38.